The minimum Gasteiger partial charge on any atom is -0.386 e. The van der Waals surface area contributed by atoms with E-state index in [9.17, 15) is 5.11 Å². The van der Waals surface area contributed by atoms with Crippen LogP contribution >= 0.6 is 15.9 Å². The van der Waals surface area contributed by atoms with Crippen LogP contribution in [0.4, 0.5) is 0 Å². The van der Waals surface area contributed by atoms with Crippen molar-refractivity contribution in [1.82, 2.24) is 9.55 Å². The molecular formula is C14H15BrN2O. The average Bonchev–Trinajstić information content (AvgIpc) is 3.06. The summed E-state index contributed by atoms with van der Waals surface area (Å²) in [6.45, 7) is 0. The zero-order chi connectivity index (χ0) is 12.5. The molecule has 1 heterocycles. The molecule has 94 valence electrons. The maximum Gasteiger partial charge on any atom is 0.0996 e. The molecule has 0 bridgehead atoms. The van der Waals surface area contributed by atoms with Gasteiger partial charge in [0.1, 0.15) is 0 Å². The van der Waals surface area contributed by atoms with Crippen molar-refractivity contribution < 1.29 is 5.11 Å². The number of aliphatic hydroxyl groups is 1. The summed E-state index contributed by atoms with van der Waals surface area (Å²) in [6, 6.07) is 8.61. The van der Waals surface area contributed by atoms with Gasteiger partial charge in [-0.25, -0.2) is 4.98 Å². The highest BCUT2D eigenvalue weighted by Crippen LogP contribution is 2.37. The van der Waals surface area contributed by atoms with Crippen LogP contribution in [0.2, 0.25) is 0 Å². The van der Waals surface area contributed by atoms with E-state index in [1.165, 1.54) is 12.8 Å². The molecule has 1 atom stereocenters. The second kappa shape index (κ2) is 4.86. The molecule has 0 amide bonds. The van der Waals surface area contributed by atoms with Crippen LogP contribution < -0.4 is 0 Å². The van der Waals surface area contributed by atoms with Crippen LogP contribution in [0.5, 0.6) is 0 Å². The van der Waals surface area contributed by atoms with Crippen molar-refractivity contribution in [2.45, 2.75) is 31.4 Å². The quantitative estimate of drug-likeness (QED) is 0.941. The van der Waals surface area contributed by atoms with Gasteiger partial charge in [0.15, 0.2) is 0 Å². The lowest BCUT2D eigenvalue weighted by atomic mass is 10.1. The smallest absolute Gasteiger partial charge is 0.0996 e. The van der Waals surface area contributed by atoms with Crippen molar-refractivity contribution in [3.8, 4) is 0 Å². The Kier molecular flexibility index (Phi) is 3.22. The highest BCUT2D eigenvalue weighted by atomic mass is 79.9. The first-order chi connectivity index (χ1) is 8.74. The van der Waals surface area contributed by atoms with Crippen LogP contribution in [-0.2, 0) is 6.42 Å². The zero-order valence-electron chi connectivity index (χ0n) is 9.96. The van der Waals surface area contributed by atoms with Crippen molar-refractivity contribution in [3.63, 3.8) is 0 Å². The van der Waals surface area contributed by atoms with Gasteiger partial charge in [0, 0.05) is 16.9 Å². The molecule has 1 aromatic carbocycles. The molecule has 4 heteroatoms. The van der Waals surface area contributed by atoms with Gasteiger partial charge < -0.3 is 9.67 Å². The molecule has 1 aromatic heterocycles. The Morgan fingerprint density at radius 1 is 1.44 bits per heavy atom. The van der Waals surface area contributed by atoms with Crippen LogP contribution in [0.15, 0.2) is 41.3 Å². The van der Waals surface area contributed by atoms with Gasteiger partial charge in [0.2, 0.25) is 0 Å². The Morgan fingerprint density at radius 3 is 3.00 bits per heavy atom. The first-order valence-electron chi connectivity index (χ1n) is 6.18. The second-order valence-electron chi connectivity index (χ2n) is 4.81. The van der Waals surface area contributed by atoms with E-state index >= 15 is 0 Å². The Labute approximate surface area is 115 Å². The Morgan fingerprint density at radius 2 is 2.28 bits per heavy atom. The van der Waals surface area contributed by atoms with E-state index in [1.807, 2.05) is 30.6 Å². The largest absolute Gasteiger partial charge is 0.386 e. The number of aliphatic hydroxyl groups excluding tert-OH is 1. The molecule has 0 aliphatic heterocycles. The zero-order valence-corrected chi connectivity index (χ0v) is 11.5. The maximum absolute atomic E-state index is 10.3. The fraction of sp³-hybridized carbons (Fsp3) is 0.357. The predicted molar refractivity (Wildman–Crippen MR) is 73.3 cm³/mol. The number of rotatable bonds is 4. The molecule has 1 aliphatic rings. The molecule has 1 unspecified atom stereocenters. The number of nitrogens with zero attached hydrogens (tertiary/aromatic N) is 2. The first kappa shape index (κ1) is 11.9. The third-order valence-corrected chi connectivity index (χ3v) is 3.79. The van der Waals surface area contributed by atoms with Gasteiger partial charge in [-0.15, -0.1) is 0 Å². The minimum atomic E-state index is -0.484. The summed E-state index contributed by atoms with van der Waals surface area (Å²) >= 11 is 3.45. The van der Waals surface area contributed by atoms with E-state index in [0.29, 0.717) is 12.5 Å². The molecule has 1 N–H and O–H groups in total. The fourth-order valence-corrected chi connectivity index (χ4v) is 2.67. The lowest BCUT2D eigenvalue weighted by Gasteiger charge is -2.13. The van der Waals surface area contributed by atoms with Gasteiger partial charge in [-0.2, -0.15) is 0 Å². The highest BCUT2D eigenvalue weighted by Gasteiger charge is 2.27. The average molecular weight is 307 g/mol. The lowest BCUT2D eigenvalue weighted by Crippen LogP contribution is -2.08. The van der Waals surface area contributed by atoms with E-state index < -0.39 is 6.10 Å². The molecule has 0 radical (unpaired) electrons. The van der Waals surface area contributed by atoms with Crippen LogP contribution in [0.3, 0.4) is 0 Å². The van der Waals surface area contributed by atoms with Gasteiger partial charge >= 0.3 is 0 Å². The van der Waals surface area contributed by atoms with Crippen molar-refractivity contribution in [2.75, 3.05) is 0 Å². The predicted octanol–water partition coefficient (Wildman–Crippen LogP) is 3.26. The van der Waals surface area contributed by atoms with Crippen LogP contribution in [-0.4, -0.2) is 14.7 Å². The minimum absolute atomic E-state index is 0.484. The Hall–Kier alpha value is -1.13. The Balaban J connectivity index is 1.78. The van der Waals surface area contributed by atoms with Crippen LogP contribution in [0, 0.1) is 0 Å². The number of halogens is 1. The van der Waals surface area contributed by atoms with Gasteiger partial charge in [-0.05, 0) is 30.5 Å². The van der Waals surface area contributed by atoms with Crippen LogP contribution in [0.25, 0.3) is 0 Å². The molecule has 3 rings (SSSR count). The molecule has 2 aromatic rings. The van der Waals surface area contributed by atoms with Crippen molar-refractivity contribution in [3.05, 3.63) is 52.5 Å². The summed E-state index contributed by atoms with van der Waals surface area (Å²) in [5.74, 6) is 0. The monoisotopic (exact) mass is 306 g/mol. The second-order valence-corrected chi connectivity index (χ2v) is 5.72. The number of imidazole rings is 1. The number of aromatic nitrogens is 2. The van der Waals surface area contributed by atoms with Crippen molar-refractivity contribution in [1.29, 1.82) is 0 Å². The number of hydrogen-bond donors (Lipinski definition) is 1. The maximum atomic E-state index is 10.3. The molecule has 18 heavy (non-hydrogen) atoms. The molecular weight excluding hydrogens is 292 g/mol. The standard InChI is InChI=1S/C14H15BrN2O/c15-11-3-1-2-10(6-11)7-14(18)13-8-16-9-17(13)12-4-5-12/h1-3,6,8-9,12,14,18H,4-5,7H2. The lowest BCUT2D eigenvalue weighted by molar-refractivity contribution is 0.168. The molecule has 1 aliphatic carbocycles. The van der Waals surface area contributed by atoms with Gasteiger partial charge in [0.25, 0.3) is 0 Å². The summed E-state index contributed by atoms with van der Waals surface area (Å²) in [7, 11) is 0. The molecule has 0 spiro atoms. The summed E-state index contributed by atoms with van der Waals surface area (Å²) in [6.07, 6.45) is 6.15. The molecule has 0 saturated heterocycles. The third kappa shape index (κ3) is 2.49. The number of benzene rings is 1. The van der Waals surface area contributed by atoms with E-state index in [2.05, 4.69) is 25.5 Å². The fourth-order valence-electron chi connectivity index (χ4n) is 2.22. The summed E-state index contributed by atoms with van der Waals surface area (Å²) in [4.78, 5) is 4.16. The van der Waals surface area contributed by atoms with Crippen molar-refractivity contribution in [2.24, 2.45) is 0 Å². The topological polar surface area (TPSA) is 38.1 Å². The first-order valence-corrected chi connectivity index (χ1v) is 6.97. The highest BCUT2D eigenvalue weighted by molar-refractivity contribution is 9.10. The summed E-state index contributed by atoms with van der Waals surface area (Å²) in [5, 5.41) is 10.3. The van der Waals surface area contributed by atoms with E-state index in [0.717, 1.165) is 15.7 Å². The van der Waals surface area contributed by atoms with E-state index in [-0.39, 0.29) is 0 Å². The normalized spacial score (nSPS) is 16.8. The molecule has 1 fully saturated rings. The van der Waals surface area contributed by atoms with E-state index in [4.69, 9.17) is 0 Å². The van der Waals surface area contributed by atoms with E-state index in [1.54, 1.807) is 6.20 Å². The Bertz CT molecular complexity index is 548. The summed E-state index contributed by atoms with van der Waals surface area (Å²) in [5.41, 5.74) is 2.05. The van der Waals surface area contributed by atoms with Gasteiger partial charge in [-0.1, -0.05) is 28.1 Å². The molecule has 3 nitrogen and oxygen atoms in total. The van der Waals surface area contributed by atoms with Gasteiger partial charge in [-0.3, -0.25) is 0 Å². The van der Waals surface area contributed by atoms with Crippen LogP contribution in [0.1, 0.15) is 36.2 Å². The summed E-state index contributed by atoms with van der Waals surface area (Å²) < 4.78 is 3.16. The number of hydrogen-bond acceptors (Lipinski definition) is 2. The van der Waals surface area contributed by atoms with Gasteiger partial charge in [0.05, 0.1) is 24.3 Å². The van der Waals surface area contributed by atoms with Crippen molar-refractivity contribution >= 4 is 15.9 Å². The molecule has 1 saturated carbocycles. The SMILES string of the molecule is OC(Cc1cccc(Br)c1)c1cncn1C1CC1. The third-order valence-electron chi connectivity index (χ3n) is 3.30.